The number of hydrogen-bond acceptors (Lipinski definition) is 2. The van der Waals surface area contributed by atoms with Crippen LogP contribution in [0.4, 0.5) is 17.1 Å². The van der Waals surface area contributed by atoms with Gasteiger partial charge in [-0.05, 0) is 66.5 Å². The molecular formula is C27H36N2. The fourth-order valence-electron chi connectivity index (χ4n) is 5.17. The summed E-state index contributed by atoms with van der Waals surface area (Å²) in [4.78, 5) is 5.27. The van der Waals surface area contributed by atoms with Crippen molar-refractivity contribution in [3.05, 3.63) is 59.7 Å². The van der Waals surface area contributed by atoms with E-state index in [0.29, 0.717) is 6.17 Å². The first-order valence-corrected chi connectivity index (χ1v) is 11.6. The number of allylic oxidation sites excluding steroid dienone is 1. The molecule has 2 heteroatoms. The monoisotopic (exact) mass is 388 g/mol. The first-order chi connectivity index (χ1) is 14.2. The number of rotatable bonds is 7. The zero-order valence-corrected chi connectivity index (χ0v) is 18.6. The van der Waals surface area contributed by atoms with Crippen LogP contribution in [0.3, 0.4) is 0 Å². The van der Waals surface area contributed by atoms with E-state index in [1.165, 1.54) is 47.5 Å². The van der Waals surface area contributed by atoms with E-state index in [9.17, 15) is 0 Å². The molecule has 3 atom stereocenters. The highest BCUT2D eigenvalue weighted by atomic mass is 15.4. The zero-order valence-electron chi connectivity index (χ0n) is 18.6. The quantitative estimate of drug-likeness (QED) is 0.487. The van der Waals surface area contributed by atoms with E-state index in [1.54, 1.807) is 0 Å². The van der Waals surface area contributed by atoms with Gasteiger partial charge in [0.2, 0.25) is 0 Å². The largest absolute Gasteiger partial charge is 0.349 e. The lowest BCUT2D eigenvalue weighted by Crippen LogP contribution is -2.43. The predicted octanol–water partition coefficient (Wildman–Crippen LogP) is 7.41. The van der Waals surface area contributed by atoms with Crippen molar-refractivity contribution in [2.75, 3.05) is 16.3 Å². The Morgan fingerprint density at radius 3 is 2.52 bits per heavy atom. The lowest BCUT2D eigenvalue weighted by molar-refractivity contribution is 0.331. The molecule has 2 aromatic carbocycles. The van der Waals surface area contributed by atoms with Gasteiger partial charge in [0.1, 0.15) is 6.17 Å². The van der Waals surface area contributed by atoms with E-state index in [-0.39, 0.29) is 0 Å². The summed E-state index contributed by atoms with van der Waals surface area (Å²) < 4.78 is 0. The van der Waals surface area contributed by atoms with Crippen molar-refractivity contribution in [2.24, 2.45) is 11.8 Å². The fourth-order valence-corrected chi connectivity index (χ4v) is 5.17. The summed E-state index contributed by atoms with van der Waals surface area (Å²) in [7, 11) is 0. The molecule has 0 radical (unpaired) electrons. The van der Waals surface area contributed by atoms with Crippen molar-refractivity contribution in [1.29, 1.82) is 0 Å². The second kappa shape index (κ2) is 8.65. The minimum atomic E-state index is 0.385. The summed E-state index contributed by atoms with van der Waals surface area (Å²) in [6.45, 7) is 10.6. The van der Waals surface area contributed by atoms with Crippen LogP contribution in [0.1, 0.15) is 64.5 Å². The number of benzene rings is 2. The molecule has 0 saturated carbocycles. The molecule has 4 rings (SSSR count). The van der Waals surface area contributed by atoms with Gasteiger partial charge in [-0.25, -0.2) is 0 Å². The second-order valence-electron chi connectivity index (χ2n) is 8.78. The molecule has 0 saturated heterocycles. The summed E-state index contributed by atoms with van der Waals surface area (Å²) in [5.41, 5.74) is 6.96. The molecule has 0 spiro atoms. The average molecular weight is 389 g/mol. The molecule has 0 aromatic heterocycles. The maximum absolute atomic E-state index is 2.69. The predicted molar refractivity (Wildman–Crippen MR) is 127 cm³/mol. The van der Waals surface area contributed by atoms with Crippen LogP contribution in [0, 0.1) is 11.8 Å². The normalized spacial score (nSPS) is 19.8. The molecule has 1 aliphatic heterocycles. The van der Waals surface area contributed by atoms with Gasteiger partial charge in [0.25, 0.3) is 0 Å². The van der Waals surface area contributed by atoms with Crippen LogP contribution in [0.15, 0.2) is 48.5 Å². The highest BCUT2D eigenvalue weighted by molar-refractivity contribution is 5.84. The third-order valence-electron chi connectivity index (χ3n) is 7.16. The van der Waals surface area contributed by atoms with Crippen molar-refractivity contribution in [3.8, 4) is 0 Å². The van der Waals surface area contributed by atoms with E-state index in [0.717, 1.165) is 31.2 Å². The third kappa shape index (κ3) is 3.70. The molecule has 1 heterocycles. The van der Waals surface area contributed by atoms with Gasteiger partial charge in [0.15, 0.2) is 0 Å². The van der Waals surface area contributed by atoms with Crippen LogP contribution in [-0.2, 0) is 6.42 Å². The van der Waals surface area contributed by atoms with E-state index >= 15 is 0 Å². The lowest BCUT2D eigenvalue weighted by Gasteiger charge is -2.36. The molecule has 1 aliphatic carbocycles. The Morgan fingerprint density at radius 2 is 1.79 bits per heavy atom. The number of anilines is 3. The first-order valence-electron chi connectivity index (χ1n) is 11.6. The van der Waals surface area contributed by atoms with Crippen molar-refractivity contribution in [1.82, 2.24) is 0 Å². The van der Waals surface area contributed by atoms with Gasteiger partial charge >= 0.3 is 0 Å². The average Bonchev–Trinajstić information content (AvgIpc) is 3.09. The molecule has 2 aliphatic rings. The lowest BCUT2D eigenvalue weighted by atomic mass is 9.89. The Hall–Kier alpha value is -2.22. The van der Waals surface area contributed by atoms with Crippen molar-refractivity contribution >= 4 is 23.1 Å². The van der Waals surface area contributed by atoms with Gasteiger partial charge in [-0.2, -0.15) is 0 Å². The Kier molecular flexibility index (Phi) is 5.99. The first kappa shape index (κ1) is 20.1. The highest BCUT2D eigenvalue weighted by Gasteiger charge is 2.37. The summed E-state index contributed by atoms with van der Waals surface area (Å²) in [5, 5.41) is 0. The number of nitrogens with zero attached hydrogens (tertiary/aromatic N) is 2. The number of para-hydroxylation sites is 2. The fraction of sp³-hybridized carbons (Fsp3) is 0.481. The van der Waals surface area contributed by atoms with Crippen molar-refractivity contribution in [3.63, 3.8) is 0 Å². The van der Waals surface area contributed by atoms with Crippen LogP contribution < -0.4 is 9.80 Å². The molecule has 2 aromatic rings. The summed E-state index contributed by atoms with van der Waals surface area (Å²) in [5.74, 6) is 1.49. The molecule has 0 bridgehead atoms. The van der Waals surface area contributed by atoms with Crippen molar-refractivity contribution in [2.45, 2.75) is 66.0 Å². The van der Waals surface area contributed by atoms with Gasteiger partial charge < -0.3 is 9.80 Å². The Bertz CT molecular complexity index is 869. The van der Waals surface area contributed by atoms with Crippen LogP contribution in [0.25, 0.3) is 6.08 Å². The Labute approximate surface area is 177 Å². The van der Waals surface area contributed by atoms with E-state index in [4.69, 9.17) is 0 Å². The minimum Gasteiger partial charge on any atom is -0.349 e. The SMILES string of the molecule is CCC(C)C(CC)CN1c2ccccc2N(c2ccc3c(c2)C=CCC3)C1CC. The summed E-state index contributed by atoms with van der Waals surface area (Å²) >= 11 is 0. The molecule has 0 N–H and O–H groups in total. The standard InChI is InChI=1S/C27H36N2/c1-5-20(4)21(6-2)19-28-25-14-10-11-15-26(25)29(27(28)7-3)24-17-16-22-12-8-9-13-23(22)18-24/h9-11,13-18,20-21,27H,5-8,12,19H2,1-4H3. The summed E-state index contributed by atoms with van der Waals surface area (Å²) in [6.07, 6.45) is 10.9. The molecule has 154 valence electrons. The van der Waals surface area contributed by atoms with E-state index in [2.05, 4.69) is 92.1 Å². The molecule has 29 heavy (non-hydrogen) atoms. The van der Waals surface area contributed by atoms with Crippen LogP contribution in [0.2, 0.25) is 0 Å². The van der Waals surface area contributed by atoms with Gasteiger partial charge in [0.05, 0.1) is 11.4 Å². The molecule has 0 fully saturated rings. The molecule has 2 nitrogen and oxygen atoms in total. The van der Waals surface area contributed by atoms with Gasteiger partial charge in [-0.1, -0.05) is 70.9 Å². The Balaban J connectivity index is 1.73. The van der Waals surface area contributed by atoms with E-state index < -0.39 is 0 Å². The van der Waals surface area contributed by atoms with E-state index in [1.807, 2.05) is 0 Å². The molecule has 0 amide bonds. The van der Waals surface area contributed by atoms with Crippen molar-refractivity contribution < 1.29 is 0 Å². The van der Waals surface area contributed by atoms with Crippen LogP contribution >= 0.6 is 0 Å². The molecular weight excluding hydrogens is 352 g/mol. The number of fused-ring (bicyclic) bond motifs is 2. The highest BCUT2D eigenvalue weighted by Crippen LogP contribution is 2.46. The minimum absolute atomic E-state index is 0.385. The van der Waals surface area contributed by atoms with Gasteiger partial charge in [-0.3, -0.25) is 0 Å². The maximum atomic E-state index is 2.69. The zero-order chi connectivity index (χ0) is 20.4. The molecule has 3 unspecified atom stereocenters. The summed E-state index contributed by atoms with van der Waals surface area (Å²) in [6, 6.07) is 16.1. The second-order valence-corrected chi connectivity index (χ2v) is 8.78. The third-order valence-corrected chi connectivity index (χ3v) is 7.16. The Morgan fingerprint density at radius 1 is 1.00 bits per heavy atom. The topological polar surface area (TPSA) is 6.48 Å². The number of hydrogen-bond donors (Lipinski definition) is 0. The number of aryl methyl sites for hydroxylation is 1. The maximum Gasteiger partial charge on any atom is 0.106 e. The van der Waals surface area contributed by atoms with Gasteiger partial charge in [-0.15, -0.1) is 0 Å². The van der Waals surface area contributed by atoms with Crippen LogP contribution in [-0.4, -0.2) is 12.7 Å². The smallest absolute Gasteiger partial charge is 0.106 e. The van der Waals surface area contributed by atoms with Crippen LogP contribution in [0.5, 0.6) is 0 Å². The van der Waals surface area contributed by atoms with Gasteiger partial charge in [0, 0.05) is 12.2 Å².